The maximum Gasteiger partial charge on any atom is 0.307 e. The lowest BCUT2D eigenvalue weighted by molar-refractivity contribution is -0.136. The van der Waals surface area contributed by atoms with Crippen molar-refractivity contribution in [2.45, 2.75) is 6.42 Å². The van der Waals surface area contributed by atoms with Crippen molar-refractivity contribution in [3.05, 3.63) is 22.7 Å². The molecule has 1 aliphatic heterocycles. The van der Waals surface area contributed by atoms with Crippen LogP contribution in [0.5, 0.6) is 11.5 Å². The summed E-state index contributed by atoms with van der Waals surface area (Å²) >= 11 is 5.85. The van der Waals surface area contributed by atoms with Gasteiger partial charge in [-0.05, 0) is 11.6 Å². The Hall–Kier alpha value is -1.42. The molecule has 0 atom stereocenters. The van der Waals surface area contributed by atoms with E-state index in [4.69, 9.17) is 26.2 Å². The van der Waals surface area contributed by atoms with Gasteiger partial charge in [0.25, 0.3) is 0 Å². The van der Waals surface area contributed by atoms with E-state index in [1.165, 1.54) is 0 Å². The second kappa shape index (κ2) is 3.38. The van der Waals surface area contributed by atoms with Crippen LogP contribution in [-0.4, -0.2) is 17.9 Å². The first kappa shape index (κ1) is 9.15. The standard InChI is InChI=1S/C9H7ClO4/c10-6-3-8-7(13-4-14-8)1-5(6)2-9(11)12/h1,3H,2,4H2,(H,11,12). The molecule has 0 saturated carbocycles. The van der Waals surface area contributed by atoms with Crippen LogP contribution in [0.1, 0.15) is 5.56 Å². The summed E-state index contributed by atoms with van der Waals surface area (Å²) in [5.74, 6) is 0.181. The number of carboxylic acid groups (broad SMARTS) is 1. The van der Waals surface area contributed by atoms with Crippen molar-refractivity contribution in [2.24, 2.45) is 0 Å². The first-order valence-electron chi connectivity index (χ1n) is 3.96. The summed E-state index contributed by atoms with van der Waals surface area (Å²) in [6.07, 6.45) is -0.116. The smallest absolute Gasteiger partial charge is 0.307 e. The van der Waals surface area contributed by atoms with Gasteiger partial charge < -0.3 is 14.6 Å². The zero-order valence-electron chi connectivity index (χ0n) is 7.12. The Balaban J connectivity index is 2.37. The van der Waals surface area contributed by atoms with Crippen LogP contribution < -0.4 is 9.47 Å². The fourth-order valence-electron chi connectivity index (χ4n) is 1.26. The molecule has 74 valence electrons. The summed E-state index contributed by atoms with van der Waals surface area (Å²) in [7, 11) is 0. The Morgan fingerprint density at radius 3 is 2.71 bits per heavy atom. The zero-order chi connectivity index (χ0) is 10.1. The summed E-state index contributed by atoms with van der Waals surface area (Å²) < 4.78 is 10.2. The molecule has 0 bridgehead atoms. The maximum absolute atomic E-state index is 10.5. The van der Waals surface area contributed by atoms with Gasteiger partial charge in [0.05, 0.1) is 6.42 Å². The van der Waals surface area contributed by atoms with Gasteiger partial charge in [0.1, 0.15) is 0 Å². The van der Waals surface area contributed by atoms with Crippen molar-refractivity contribution >= 4 is 17.6 Å². The molecule has 1 aromatic carbocycles. The molecule has 0 aliphatic carbocycles. The molecule has 0 unspecified atom stereocenters. The fraction of sp³-hybridized carbons (Fsp3) is 0.222. The van der Waals surface area contributed by atoms with Crippen molar-refractivity contribution in [1.82, 2.24) is 0 Å². The third-order valence-electron chi connectivity index (χ3n) is 1.88. The van der Waals surface area contributed by atoms with E-state index in [1.54, 1.807) is 12.1 Å². The van der Waals surface area contributed by atoms with E-state index in [-0.39, 0.29) is 13.2 Å². The minimum absolute atomic E-state index is 0.116. The Bertz CT molecular complexity index is 389. The second-order valence-electron chi connectivity index (χ2n) is 2.87. The monoisotopic (exact) mass is 214 g/mol. The molecule has 0 radical (unpaired) electrons. The van der Waals surface area contributed by atoms with Crippen molar-refractivity contribution in [3.8, 4) is 11.5 Å². The quantitative estimate of drug-likeness (QED) is 0.814. The van der Waals surface area contributed by atoms with Gasteiger partial charge in [0.2, 0.25) is 6.79 Å². The molecule has 0 aromatic heterocycles. The molecule has 1 N–H and O–H groups in total. The van der Waals surface area contributed by atoms with Gasteiger partial charge in [0, 0.05) is 11.1 Å². The first-order valence-corrected chi connectivity index (χ1v) is 4.34. The molecule has 0 saturated heterocycles. The Labute approximate surface area is 85.0 Å². The molecule has 2 rings (SSSR count). The average molecular weight is 215 g/mol. The van der Waals surface area contributed by atoms with E-state index in [0.29, 0.717) is 22.1 Å². The van der Waals surface area contributed by atoms with Gasteiger partial charge in [-0.1, -0.05) is 11.6 Å². The van der Waals surface area contributed by atoms with Crippen LogP contribution in [0.2, 0.25) is 5.02 Å². The number of carbonyl (C=O) groups is 1. The van der Waals surface area contributed by atoms with Crippen molar-refractivity contribution < 1.29 is 19.4 Å². The number of halogens is 1. The number of rotatable bonds is 2. The normalized spacial score (nSPS) is 12.9. The lowest BCUT2D eigenvalue weighted by Gasteiger charge is -2.02. The highest BCUT2D eigenvalue weighted by molar-refractivity contribution is 6.31. The predicted molar refractivity (Wildman–Crippen MR) is 48.9 cm³/mol. The molecule has 1 heterocycles. The van der Waals surface area contributed by atoms with Gasteiger partial charge in [-0.3, -0.25) is 4.79 Å². The van der Waals surface area contributed by atoms with Crippen LogP contribution in [0.15, 0.2) is 12.1 Å². The number of hydrogen-bond acceptors (Lipinski definition) is 3. The summed E-state index contributed by atoms with van der Waals surface area (Å²) in [5.41, 5.74) is 0.531. The second-order valence-corrected chi connectivity index (χ2v) is 3.27. The number of hydrogen-bond donors (Lipinski definition) is 1. The van der Waals surface area contributed by atoms with Crippen LogP contribution >= 0.6 is 11.6 Å². The predicted octanol–water partition coefficient (Wildman–Crippen LogP) is 1.70. The Morgan fingerprint density at radius 2 is 2.07 bits per heavy atom. The van der Waals surface area contributed by atoms with Gasteiger partial charge >= 0.3 is 5.97 Å². The molecule has 4 nitrogen and oxygen atoms in total. The zero-order valence-corrected chi connectivity index (χ0v) is 7.87. The Kier molecular flexibility index (Phi) is 2.21. The number of carboxylic acids is 1. The van der Waals surface area contributed by atoms with Gasteiger partial charge in [-0.2, -0.15) is 0 Å². The number of ether oxygens (including phenoxy) is 2. The average Bonchev–Trinajstić information content (AvgIpc) is 2.51. The van der Waals surface area contributed by atoms with Gasteiger partial charge in [-0.25, -0.2) is 0 Å². The summed E-state index contributed by atoms with van der Waals surface area (Å²) in [4.78, 5) is 10.5. The minimum Gasteiger partial charge on any atom is -0.481 e. The summed E-state index contributed by atoms with van der Waals surface area (Å²) in [6.45, 7) is 0.155. The van der Waals surface area contributed by atoms with Crippen molar-refractivity contribution in [3.63, 3.8) is 0 Å². The maximum atomic E-state index is 10.5. The summed E-state index contributed by atoms with van der Waals surface area (Å²) in [6, 6.07) is 3.17. The van der Waals surface area contributed by atoms with Crippen LogP contribution in [0.4, 0.5) is 0 Å². The third-order valence-corrected chi connectivity index (χ3v) is 2.24. The van der Waals surface area contributed by atoms with Crippen molar-refractivity contribution in [2.75, 3.05) is 6.79 Å². The van der Waals surface area contributed by atoms with Crippen LogP contribution in [-0.2, 0) is 11.2 Å². The highest BCUT2D eigenvalue weighted by Crippen LogP contribution is 2.36. The molecule has 5 heteroatoms. The summed E-state index contributed by atoms with van der Waals surface area (Å²) in [5, 5.41) is 8.99. The lowest BCUT2D eigenvalue weighted by Crippen LogP contribution is -2.00. The molecule has 14 heavy (non-hydrogen) atoms. The van der Waals surface area contributed by atoms with Crippen LogP contribution in [0.25, 0.3) is 0 Å². The fourth-order valence-corrected chi connectivity index (χ4v) is 1.48. The SMILES string of the molecule is O=C(O)Cc1cc2c(cc1Cl)OCO2. The third kappa shape index (κ3) is 1.61. The number of aliphatic carboxylic acids is 1. The molecular formula is C9H7ClO4. The number of fused-ring (bicyclic) bond motifs is 1. The molecule has 0 spiro atoms. The van der Waals surface area contributed by atoms with E-state index in [9.17, 15) is 4.79 Å². The Morgan fingerprint density at radius 1 is 1.43 bits per heavy atom. The van der Waals surface area contributed by atoms with Gasteiger partial charge in [-0.15, -0.1) is 0 Å². The topological polar surface area (TPSA) is 55.8 Å². The van der Waals surface area contributed by atoms with Crippen LogP contribution in [0.3, 0.4) is 0 Å². The van der Waals surface area contributed by atoms with E-state index in [1.807, 2.05) is 0 Å². The van der Waals surface area contributed by atoms with E-state index in [2.05, 4.69) is 0 Å². The molecule has 0 amide bonds. The van der Waals surface area contributed by atoms with Gasteiger partial charge in [0.15, 0.2) is 11.5 Å². The minimum atomic E-state index is -0.925. The largest absolute Gasteiger partial charge is 0.481 e. The van der Waals surface area contributed by atoms with E-state index < -0.39 is 5.97 Å². The highest BCUT2D eigenvalue weighted by Gasteiger charge is 2.17. The van der Waals surface area contributed by atoms with E-state index >= 15 is 0 Å². The molecule has 1 aromatic rings. The molecule has 1 aliphatic rings. The number of benzene rings is 1. The van der Waals surface area contributed by atoms with Crippen molar-refractivity contribution in [1.29, 1.82) is 0 Å². The molecule has 0 fully saturated rings. The first-order chi connectivity index (χ1) is 6.66. The molecular weight excluding hydrogens is 208 g/mol. The lowest BCUT2D eigenvalue weighted by atomic mass is 10.1. The van der Waals surface area contributed by atoms with E-state index in [0.717, 1.165) is 0 Å². The highest BCUT2D eigenvalue weighted by atomic mass is 35.5. The van der Waals surface area contributed by atoms with Crippen LogP contribution in [0, 0.1) is 0 Å².